The van der Waals surface area contributed by atoms with E-state index in [1.54, 1.807) is 12.1 Å². The third-order valence-corrected chi connectivity index (χ3v) is 3.70. The highest BCUT2D eigenvalue weighted by atomic mass is 79.9. The van der Waals surface area contributed by atoms with Crippen LogP contribution in [0.1, 0.15) is 11.1 Å². The van der Waals surface area contributed by atoms with Gasteiger partial charge in [0.2, 0.25) is 0 Å². The molecule has 1 N–H and O–H groups in total. The zero-order valence-electron chi connectivity index (χ0n) is 9.67. The van der Waals surface area contributed by atoms with E-state index in [1.165, 1.54) is 0 Å². The Morgan fingerprint density at radius 2 is 2.00 bits per heavy atom. The van der Waals surface area contributed by atoms with Crippen molar-refractivity contribution in [3.63, 3.8) is 0 Å². The fourth-order valence-electron chi connectivity index (χ4n) is 1.57. The fraction of sp³-hybridized carbons (Fsp3) is 0.0714. The summed E-state index contributed by atoms with van der Waals surface area (Å²) < 4.78 is 0.848. The number of hydrogen-bond donors (Lipinski definition) is 1. The van der Waals surface area contributed by atoms with Gasteiger partial charge < -0.3 is 5.32 Å². The molecular weight excluding hydrogens is 312 g/mol. The highest BCUT2D eigenvalue weighted by molar-refractivity contribution is 9.10. The smallest absolute Gasteiger partial charge is 0.0992 e. The number of benzene rings is 2. The standard InChI is InChI=1S/C14H10BrClN2/c1-9-12(16)3-2-4-13(9)18-14-6-5-10(8-17)7-11(14)15/h2-7,18H,1H3. The molecule has 0 amide bonds. The highest BCUT2D eigenvalue weighted by Gasteiger charge is 2.05. The van der Waals surface area contributed by atoms with E-state index in [-0.39, 0.29) is 0 Å². The average molecular weight is 322 g/mol. The molecule has 2 rings (SSSR count). The van der Waals surface area contributed by atoms with Gasteiger partial charge in [-0.2, -0.15) is 5.26 Å². The number of halogens is 2. The van der Waals surface area contributed by atoms with E-state index >= 15 is 0 Å². The molecule has 0 bridgehead atoms. The highest BCUT2D eigenvalue weighted by Crippen LogP contribution is 2.30. The third-order valence-electron chi connectivity index (χ3n) is 2.64. The maximum atomic E-state index is 8.81. The molecule has 4 heteroatoms. The van der Waals surface area contributed by atoms with Crippen LogP contribution in [-0.2, 0) is 0 Å². The lowest BCUT2D eigenvalue weighted by molar-refractivity contribution is 1.41. The van der Waals surface area contributed by atoms with Crippen molar-refractivity contribution >= 4 is 38.9 Å². The molecule has 2 aromatic carbocycles. The molecule has 90 valence electrons. The minimum Gasteiger partial charge on any atom is -0.354 e. The van der Waals surface area contributed by atoms with E-state index in [9.17, 15) is 0 Å². The summed E-state index contributed by atoms with van der Waals surface area (Å²) in [5.41, 5.74) is 3.47. The Balaban J connectivity index is 2.35. The Hall–Kier alpha value is -1.50. The first kappa shape index (κ1) is 12.9. The van der Waals surface area contributed by atoms with Gasteiger partial charge in [0, 0.05) is 15.2 Å². The Bertz CT molecular complexity index is 632. The van der Waals surface area contributed by atoms with E-state index in [0.717, 1.165) is 26.4 Å². The second kappa shape index (κ2) is 5.43. The largest absolute Gasteiger partial charge is 0.354 e. The van der Waals surface area contributed by atoms with Gasteiger partial charge in [0.05, 0.1) is 17.3 Å². The molecule has 0 atom stereocenters. The van der Waals surface area contributed by atoms with Gasteiger partial charge in [-0.15, -0.1) is 0 Å². The van der Waals surface area contributed by atoms with Crippen LogP contribution >= 0.6 is 27.5 Å². The summed E-state index contributed by atoms with van der Waals surface area (Å²) in [6.45, 7) is 1.96. The molecular formula is C14H10BrClN2. The number of anilines is 2. The van der Waals surface area contributed by atoms with Crippen molar-refractivity contribution in [3.8, 4) is 6.07 Å². The van der Waals surface area contributed by atoms with Crippen molar-refractivity contribution in [2.24, 2.45) is 0 Å². The van der Waals surface area contributed by atoms with Crippen LogP contribution in [0.3, 0.4) is 0 Å². The van der Waals surface area contributed by atoms with Gasteiger partial charge in [0.1, 0.15) is 0 Å². The van der Waals surface area contributed by atoms with Gasteiger partial charge in [0.25, 0.3) is 0 Å². The van der Waals surface area contributed by atoms with Crippen LogP contribution in [0.5, 0.6) is 0 Å². The second-order valence-electron chi connectivity index (χ2n) is 3.84. The van der Waals surface area contributed by atoms with Gasteiger partial charge in [0.15, 0.2) is 0 Å². The fourth-order valence-corrected chi connectivity index (χ4v) is 2.23. The molecule has 0 aliphatic carbocycles. The predicted molar refractivity (Wildman–Crippen MR) is 78.3 cm³/mol. The lowest BCUT2D eigenvalue weighted by Crippen LogP contribution is -1.94. The average Bonchev–Trinajstić information content (AvgIpc) is 2.37. The van der Waals surface area contributed by atoms with Gasteiger partial charge in [-0.3, -0.25) is 0 Å². The molecule has 0 aliphatic rings. The molecule has 18 heavy (non-hydrogen) atoms. The van der Waals surface area contributed by atoms with E-state index in [2.05, 4.69) is 27.3 Å². The molecule has 0 unspecified atom stereocenters. The van der Waals surface area contributed by atoms with Crippen molar-refractivity contribution in [2.75, 3.05) is 5.32 Å². The lowest BCUT2D eigenvalue weighted by atomic mass is 10.1. The third kappa shape index (κ3) is 2.66. The monoisotopic (exact) mass is 320 g/mol. The predicted octanol–water partition coefficient (Wildman–Crippen LogP) is 5.03. The van der Waals surface area contributed by atoms with Crippen LogP contribution in [0, 0.1) is 18.3 Å². The maximum Gasteiger partial charge on any atom is 0.0992 e. The first-order valence-electron chi connectivity index (χ1n) is 5.33. The minimum absolute atomic E-state index is 0.621. The number of hydrogen-bond acceptors (Lipinski definition) is 2. The molecule has 0 fully saturated rings. The summed E-state index contributed by atoms with van der Waals surface area (Å²) in [7, 11) is 0. The van der Waals surface area contributed by atoms with E-state index in [0.29, 0.717) is 5.56 Å². The Morgan fingerprint density at radius 1 is 1.22 bits per heavy atom. The molecule has 0 aromatic heterocycles. The summed E-state index contributed by atoms with van der Waals surface area (Å²) in [5.74, 6) is 0. The summed E-state index contributed by atoms with van der Waals surface area (Å²) in [4.78, 5) is 0. The van der Waals surface area contributed by atoms with Crippen LogP contribution in [0.2, 0.25) is 5.02 Å². The van der Waals surface area contributed by atoms with Crippen LogP contribution in [-0.4, -0.2) is 0 Å². The van der Waals surface area contributed by atoms with Gasteiger partial charge in [-0.05, 0) is 58.7 Å². The van der Waals surface area contributed by atoms with Gasteiger partial charge >= 0.3 is 0 Å². The molecule has 0 spiro atoms. The quantitative estimate of drug-likeness (QED) is 0.842. The van der Waals surface area contributed by atoms with Crippen molar-refractivity contribution in [3.05, 3.63) is 57.0 Å². The summed E-state index contributed by atoms with van der Waals surface area (Å²) in [5, 5.41) is 12.8. The molecule has 0 aliphatic heterocycles. The van der Waals surface area contributed by atoms with Gasteiger partial charge in [-0.1, -0.05) is 17.7 Å². The van der Waals surface area contributed by atoms with Gasteiger partial charge in [-0.25, -0.2) is 0 Å². The second-order valence-corrected chi connectivity index (χ2v) is 5.11. The SMILES string of the molecule is Cc1c(Cl)cccc1Nc1ccc(C#N)cc1Br. The topological polar surface area (TPSA) is 35.8 Å². The van der Waals surface area contributed by atoms with E-state index in [4.69, 9.17) is 16.9 Å². The van der Waals surface area contributed by atoms with Crippen molar-refractivity contribution in [2.45, 2.75) is 6.92 Å². The van der Waals surface area contributed by atoms with Crippen molar-refractivity contribution in [1.82, 2.24) is 0 Å². The van der Waals surface area contributed by atoms with E-state index in [1.807, 2.05) is 31.2 Å². The molecule has 0 heterocycles. The number of nitrogens with one attached hydrogen (secondary N) is 1. The molecule has 2 nitrogen and oxygen atoms in total. The van der Waals surface area contributed by atoms with Crippen molar-refractivity contribution in [1.29, 1.82) is 5.26 Å². The Morgan fingerprint density at radius 3 is 2.67 bits per heavy atom. The van der Waals surface area contributed by atoms with Crippen LogP contribution in [0.15, 0.2) is 40.9 Å². The zero-order valence-corrected chi connectivity index (χ0v) is 12.0. The maximum absolute atomic E-state index is 8.81. The lowest BCUT2D eigenvalue weighted by Gasteiger charge is -2.12. The minimum atomic E-state index is 0.621. The first-order chi connectivity index (χ1) is 8.61. The normalized spacial score (nSPS) is 9.89. The Kier molecular flexibility index (Phi) is 3.90. The number of nitrogens with zero attached hydrogens (tertiary/aromatic N) is 1. The van der Waals surface area contributed by atoms with Crippen molar-refractivity contribution < 1.29 is 0 Å². The van der Waals surface area contributed by atoms with Crippen LogP contribution < -0.4 is 5.32 Å². The number of rotatable bonds is 2. The first-order valence-corrected chi connectivity index (χ1v) is 6.50. The van der Waals surface area contributed by atoms with Crippen LogP contribution in [0.4, 0.5) is 11.4 Å². The molecule has 2 aromatic rings. The van der Waals surface area contributed by atoms with E-state index < -0.39 is 0 Å². The zero-order chi connectivity index (χ0) is 13.1. The number of nitriles is 1. The Labute approximate surface area is 119 Å². The molecule has 0 saturated carbocycles. The summed E-state index contributed by atoms with van der Waals surface area (Å²) in [6.07, 6.45) is 0. The molecule has 0 radical (unpaired) electrons. The van der Waals surface area contributed by atoms with Crippen LogP contribution in [0.25, 0.3) is 0 Å². The summed E-state index contributed by atoms with van der Waals surface area (Å²) in [6, 6.07) is 13.2. The molecule has 0 saturated heterocycles. The summed E-state index contributed by atoms with van der Waals surface area (Å²) >= 11 is 9.51.